The normalized spacial score (nSPS) is 29.9. The van der Waals surface area contributed by atoms with E-state index in [4.69, 9.17) is 0 Å². The van der Waals surface area contributed by atoms with Crippen LogP contribution in [0.2, 0.25) is 0 Å². The van der Waals surface area contributed by atoms with Crippen LogP contribution >= 0.6 is 0 Å². The maximum absolute atomic E-state index is 4.48. The third-order valence-corrected chi connectivity index (χ3v) is 4.91. The minimum absolute atomic E-state index is 0.713. The quantitative estimate of drug-likeness (QED) is 0.726. The van der Waals surface area contributed by atoms with Gasteiger partial charge in [0, 0.05) is 23.7 Å². The Morgan fingerprint density at radius 3 is 3.11 bits per heavy atom. The van der Waals surface area contributed by atoms with E-state index in [0.717, 1.165) is 5.52 Å². The van der Waals surface area contributed by atoms with E-state index in [-0.39, 0.29) is 0 Å². The first-order valence-electron chi connectivity index (χ1n) is 7.19. The van der Waals surface area contributed by atoms with Gasteiger partial charge in [-0.1, -0.05) is 6.07 Å². The Bertz CT molecular complexity index is 619. The summed E-state index contributed by atoms with van der Waals surface area (Å²) in [5.41, 5.74) is 2.49. The van der Waals surface area contributed by atoms with E-state index >= 15 is 0 Å². The van der Waals surface area contributed by atoms with Gasteiger partial charge in [-0.25, -0.2) is 0 Å². The molecule has 2 unspecified atom stereocenters. The number of hydrogen-bond acceptors (Lipinski definition) is 2. The van der Waals surface area contributed by atoms with Gasteiger partial charge in [-0.2, -0.15) is 0 Å². The van der Waals surface area contributed by atoms with E-state index in [1.54, 1.807) is 0 Å². The average molecular weight is 254 g/mol. The van der Waals surface area contributed by atoms with Gasteiger partial charge in [0.25, 0.3) is 0 Å². The molecular weight excluding hydrogens is 234 g/mol. The predicted molar refractivity (Wildman–Crippen MR) is 78.3 cm³/mol. The highest BCUT2D eigenvalue weighted by atomic mass is 15.4. The maximum atomic E-state index is 4.48. The molecule has 0 N–H and O–H groups in total. The van der Waals surface area contributed by atoms with Crippen LogP contribution in [0, 0.1) is 0 Å². The number of anilines is 1. The molecule has 2 atom stereocenters. The topological polar surface area (TPSA) is 16.1 Å². The van der Waals surface area contributed by atoms with Crippen LogP contribution in [-0.2, 0) is 0 Å². The van der Waals surface area contributed by atoms with Crippen molar-refractivity contribution in [2.45, 2.75) is 12.5 Å². The fraction of sp³-hybridized carbons (Fsp3) is 0.438. The molecule has 0 amide bonds. The molecule has 98 valence electrons. The fourth-order valence-corrected chi connectivity index (χ4v) is 3.80. The van der Waals surface area contributed by atoms with Crippen LogP contribution in [0.4, 0.5) is 5.69 Å². The van der Waals surface area contributed by atoms with Gasteiger partial charge >= 0.3 is 0 Å². The molecule has 19 heavy (non-hydrogen) atoms. The standard InChI is InChI=1S/C16H20N3/c1-19-10-7-13(12-19)18(9-11-19)16-6-2-5-15-14(16)4-3-8-17-15/h2-6,8,13H,7,9-12H2,1H3/q+1. The number of fused-ring (bicyclic) bond motifs is 3. The van der Waals surface area contributed by atoms with Crippen molar-refractivity contribution in [3.63, 3.8) is 0 Å². The van der Waals surface area contributed by atoms with Crippen LogP contribution in [0.5, 0.6) is 0 Å². The molecule has 2 aromatic rings. The van der Waals surface area contributed by atoms with Crippen molar-refractivity contribution < 1.29 is 4.48 Å². The van der Waals surface area contributed by atoms with Gasteiger partial charge in [0.1, 0.15) is 0 Å². The zero-order chi connectivity index (χ0) is 12.9. The fourth-order valence-electron chi connectivity index (χ4n) is 3.80. The van der Waals surface area contributed by atoms with Gasteiger partial charge in [0.15, 0.2) is 0 Å². The molecule has 4 rings (SSSR count). The molecule has 1 aromatic heterocycles. The number of piperazine rings is 1. The van der Waals surface area contributed by atoms with E-state index in [1.165, 1.54) is 48.2 Å². The summed E-state index contributed by atoms with van der Waals surface area (Å²) in [6.45, 7) is 5.09. The van der Waals surface area contributed by atoms with Gasteiger partial charge < -0.3 is 9.38 Å². The summed E-state index contributed by atoms with van der Waals surface area (Å²) in [5.74, 6) is 0. The average Bonchev–Trinajstić information content (AvgIpc) is 2.75. The lowest BCUT2D eigenvalue weighted by Crippen LogP contribution is -2.55. The summed E-state index contributed by atoms with van der Waals surface area (Å²) in [6, 6.07) is 11.5. The number of quaternary nitrogens is 1. The third kappa shape index (κ3) is 1.72. The second-order valence-electron chi connectivity index (χ2n) is 6.23. The Kier molecular flexibility index (Phi) is 2.33. The van der Waals surface area contributed by atoms with Gasteiger partial charge in [0.05, 0.1) is 44.8 Å². The molecule has 1 aromatic carbocycles. The van der Waals surface area contributed by atoms with E-state index < -0.39 is 0 Å². The third-order valence-electron chi connectivity index (χ3n) is 4.91. The summed E-state index contributed by atoms with van der Waals surface area (Å²) in [4.78, 5) is 7.10. The minimum Gasteiger partial charge on any atom is -0.356 e. The van der Waals surface area contributed by atoms with Crippen molar-refractivity contribution in [3.8, 4) is 0 Å². The first-order valence-corrected chi connectivity index (χ1v) is 7.19. The Morgan fingerprint density at radius 2 is 2.16 bits per heavy atom. The van der Waals surface area contributed by atoms with Crippen LogP contribution in [0.25, 0.3) is 10.9 Å². The highest BCUT2D eigenvalue weighted by Crippen LogP contribution is 2.34. The number of aromatic nitrogens is 1. The molecule has 0 aliphatic carbocycles. The van der Waals surface area contributed by atoms with Crippen LogP contribution in [0.3, 0.4) is 0 Å². The lowest BCUT2D eigenvalue weighted by Gasteiger charge is -2.40. The largest absolute Gasteiger partial charge is 0.356 e. The molecule has 0 radical (unpaired) electrons. The van der Waals surface area contributed by atoms with Gasteiger partial charge in [-0.15, -0.1) is 0 Å². The summed E-state index contributed by atoms with van der Waals surface area (Å²) in [7, 11) is 2.40. The lowest BCUT2D eigenvalue weighted by atomic mass is 10.1. The van der Waals surface area contributed by atoms with Crippen molar-refractivity contribution in [1.29, 1.82) is 0 Å². The highest BCUT2D eigenvalue weighted by molar-refractivity contribution is 5.91. The van der Waals surface area contributed by atoms with Crippen molar-refractivity contribution in [2.75, 3.05) is 38.1 Å². The first kappa shape index (κ1) is 11.2. The van der Waals surface area contributed by atoms with E-state index in [9.17, 15) is 0 Å². The van der Waals surface area contributed by atoms with Crippen molar-refractivity contribution in [1.82, 2.24) is 4.98 Å². The SMILES string of the molecule is C[N+]12CCC(C1)N(c1cccc3ncccc13)CC2. The second-order valence-corrected chi connectivity index (χ2v) is 6.23. The summed E-state index contributed by atoms with van der Waals surface area (Å²) in [5, 5.41) is 1.30. The number of rotatable bonds is 1. The van der Waals surface area contributed by atoms with Crippen LogP contribution in [0.1, 0.15) is 6.42 Å². The molecule has 0 saturated carbocycles. The molecule has 3 heterocycles. The molecule has 2 aliphatic heterocycles. The Hall–Kier alpha value is -1.61. The Morgan fingerprint density at radius 1 is 1.21 bits per heavy atom. The summed E-state index contributed by atoms with van der Waals surface area (Å²) >= 11 is 0. The predicted octanol–water partition coefficient (Wildman–Crippen LogP) is 2.27. The Labute approximate surface area is 114 Å². The van der Waals surface area contributed by atoms with E-state index in [0.29, 0.717) is 6.04 Å². The zero-order valence-corrected chi connectivity index (χ0v) is 11.4. The number of likely N-dealkylation sites (N-methyl/N-ethyl adjacent to an activating group) is 1. The van der Waals surface area contributed by atoms with Crippen molar-refractivity contribution in [3.05, 3.63) is 36.5 Å². The molecule has 3 nitrogen and oxygen atoms in total. The molecule has 3 heteroatoms. The number of hydrogen-bond donors (Lipinski definition) is 0. The minimum atomic E-state index is 0.713. The van der Waals surface area contributed by atoms with Gasteiger partial charge in [0.2, 0.25) is 0 Å². The molecule has 2 bridgehead atoms. The number of benzene rings is 1. The van der Waals surface area contributed by atoms with Crippen LogP contribution < -0.4 is 4.90 Å². The van der Waals surface area contributed by atoms with E-state index in [2.05, 4.69) is 41.2 Å². The second kappa shape index (κ2) is 3.94. The van der Waals surface area contributed by atoms with Crippen LogP contribution in [-0.4, -0.2) is 48.7 Å². The summed E-state index contributed by atoms with van der Waals surface area (Å²) < 4.78 is 1.27. The van der Waals surface area contributed by atoms with Gasteiger partial charge in [-0.05, 0) is 24.3 Å². The highest BCUT2D eigenvalue weighted by Gasteiger charge is 2.42. The van der Waals surface area contributed by atoms with Gasteiger partial charge in [-0.3, -0.25) is 4.98 Å². The Balaban J connectivity index is 1.79. The lowest BCUT2D eigenvalue weighted by molar-refractivity contribution is -0.899. The zero-order valence-electron chi connectivity index (χ0n) is 11.4. The van der Waals surface area contributed by atoms with Crippen molar-refractivity contribution >= 4 is 16.6 Å². The van der Waals surface area contributed by atoms with Crippen molar-refractivity contribution in [2.24, 2.45) is 0 Å². The number of pyridine rings is 1. The molecule has 2 fully saturated rings. The number of nitrogens with zero attached hydrogens (tertiary/aromatic N) is 3. The first-order chi connectivity index (χ1) is 9.25. The summed E-state index contributed by atoms with van der Waals surface area (Å²) in [6.07, 6.45) is 3.21. The molecule has 2 saturated heterocycles. The molecule has 0 spiro atoms. The van der Waals surface area contributed by atoms with E-state index in [1.807, 2.05) is 12.3 Å². The molecule has 2 aliphatic rings. The maximum Gasteiger partial charge on any atom is 0.0994 e. The molecular formula is C16H20N3+. The van der Waals surface area contributed by atoms with Crippen LogP contribution in [0.15, 0.2) is 36.5 Å². The smallest absolute Gasteiger partial charge is 0.0994 e. The monoisotopic (exact) mass is 254 g/mol.